The predicted octanol–water partition coefficient (Wildman–Crippen LogP) is 3.38. The Morgan fingerprint density at radius 2 is 2.05 bits per heavy atom. The Hall–Kier alpha value is -0.930. The third-order valence-corrected chi connectivity index (χ3v) is 3.79. The van der Waals surface area contributed by atoms with Crippen molar-refractivity contribution in [3.8, 4) is 0 Å². The summed E-state index contributed by atoms with van der Waals surface area (Å²) in [4.78, 5) is 7.08. The average molecular weight is 277 g/mol. The lowest BCUT2D eigenvalue weighted by molar-refractivity contribution is 0.264. The Morgan fingerprint density at radius 1 is 1.25 bits per heavy atom. The van der Waals surface area contributed by atoms with Crippen LogP contribution in [0.15, 0.2) is 18.2 Å². The van der Waals surface area contributed by atoms with E-state index in [9.17, 15) is 0 Å². The molecule has 0 amide bonds. The maximum absolute atomic E-state index is 4.60. The molecule has 20 heavy (non-hydrogen) atoms. The van der Waals surface area contributed by atoms with Crippen LogP contribution in [-0.2, 0) is 6.54 Å². The summed E-state index contributed by atoms with van der Waals surface area (Å²) in [6, 6.07) is 6.96. The van der Waals surface area contributed by atoms with Gasteiger partial charge in [-0.3, -0.25) is 9.88 Å². The van der Waals surface area contributed by atoms with Crippen molar-refractivity contribution in [2.75, 3.05) is 19.6 Å². The first kappa shape index (κ1) is 17.1. The highest BCUT2D eigenvalue weighted by Gasteiger charge is 2.08. The highest BCUT2D eigenvalue weighted by Crippen LogP contribution is 2.07. The molecule has 0 aliphatic rings. The molecule has 0 fully saturated rings. The fourth-order valence-electron chi connectivity index (χ4n) is 2.57. The summed E-state index contributed by atoms with van der Waals surface area (Å²) in [6.45, 7) is 13.0. The minimum absolute atomic E-state index is 0.677. The molecule has 0 saturated carbocycles. The maximum atomic E-state index is 4.60. The molecule has 0 bridgehead atoms. The second kappa shape index (κ2) is 9.89. The Kier molecular flexibility index (Phi) is 8.47. The lowest BCUT2D eigenvalue weighted by Crippen LogP contribution is -2.30. The summed E-state index contributed by atoms with van der Waals surface area (Å²) in [6.07, 6.45) is 3.74. The van der Waals surface area contributed by atoms with Gasteiger partial charge in [0.25, 0.3) is 0 Å². The molecule has 1 aromatic rings. The number of aromatic nitrogens is 1. The van der Waals surface area contributed by atoms with Crippen LogP contribution in [0.4, 0.5) is 0 Å². The molecule has 0 aromatic carbocycles. The van der Waals surface area contributed by atoms with Gasteiger partial charge in [-0.2, -0.15) is 0 Å². The number of hydrogen-bond donors (Lipinski definition) is 1. The summed E-state index contributed by atoms with van der Waals surface area (Å²) < 4.78 is 0. The molecular weight excluding hydrogens is 246 g/mol. The van der Waals surface area contributed by atoms with Crippen molar-refractivity contribution in [1.29, 1.82) is 0 Å². The molecule has 1 atom stereocenters. The molecular formula is C17H31N3. The average Bonchev–Trinajstić information content (AvgIpc) is 2.45. The first-order valence-electron chi connectivity index (χ1n) is 8.07. The Bertz CT molecular complexity index is 365. The van der Waals surface area contributed by atoms with Crippen molar-refractivity contribution in [3.05, 3.63) is 29.6 Å². The van der Waals surface area contributed by atoms with E-state index in [4.69, 9.17) is 0 Å². The van der Waals surface area contributed by atoms with Crippen LogP contribution in [0.5, 0.6) is 0 Å². The Labute approximate surface area is 124 Å². The summed E-state index contributed by atoms with van der Waals surface area (Å²) in [5.74, 6) is 0. The van der Waals surface area contributed by atoms with E-state index >= 15 is 0 Å². The van der Waals surface area contributed by atoms with Crippen molar-refractivity contribution in [1.82, 2.24) is 15.2 Å². The SMILES string of the molecule is CCNC(CC)CCCN(CC)Cc1cccc(C)n1. The fourth-order valence-corrected chi connectivity index (χ4v) is 2.57. The quantitative estimate of drug-likeness (QED) is 0.710. The van der Waals surface area contributed by atoms with Gasteiger partial charge in [0.2, 0.25) is 0 Å². The van der Waals surface area contributed by atoms with Crippen molar-refractivity contribution < 1.29 is 0 Å². The van der Waals surface area contributed by atoms with Crippen molar-refractivity contribution in [3.63, 3.8) is 0 Å². The Balaban J connectivity index is 2.36. The molecule has 0 aliphatic heterocycles. The first-order valence-corrected chi connectivity index (χ1v) is 8.07. The third kappa shape index (κ3) is 6.49. The number of hydrogen-bond acceptors (Lipinski definition) is 3. The number of nitrogens with one attached hydrogen (secondary N) is 1. The topological polar surface area (TPSA) is 28.2 Å². The van der Waals surface area contributed by atoms with Gasteiger partial charge >= 0.3 is 0 Å². The molecule has 3 nitrogen and oxygen atoms in total. The van der Waals surface area contributed by atoms with E-state index in [0.29, 0.717) is 6.04 Å². The van der Waals surface area contributed by atoms with Crippen LogP contribution in [0.3, 0.4) is 0 Å². The van der Waals surface area contributed by atoms with Gasteiger partial charge in [0.1, 0.15) is 0 Å². The van der Waals surface area contributed by atoms with Gasteiger partial charge in [-0.25, -0.2) is 0 Å². The molecule has 1 N–H and O–H groups in total. The molecule has 0 saturated heterocycles. The highest BCUT2D eigenvalue weighted by molar-refractivity contribution is 5.09. The second-order valence-electron chi connectivity index (χ2n) is 5.44. The number of pyridine rings is 1. The number of rotatable bonds is 10. The molecule has 1 rings (SSSR count). The Morgan fingerprint density at radius 3 is 2.65 bits per heavy atom. The van der Waals surface area contributed by atoms with Crippen LogP contribution in [-0.4, -0.2) is 35.6 Å². The summed E-state index contributed by atoms with van der Waals surface area (Å²) >= 11 is 0. The molecule has 0 radical (unpaired) electrons. The van der Waals surface area contributed by atoms with Crippen LogP contribution in [0.25, 0.3) is 0 Å². The van der Waals surface area contributed by atoms with Gasteiger partial charge in [-0.05, 0) is 58.0 Å². The van der Waals surface area contributed by atoms with Crippen molar-refractivity contribution in [2.24, 2.45) is 0 Å². The van der Waals surface area contributed by atoms with Crippen LogP contribution < -0.4 is 5.32 Å². The third-order valence-electron chi connectivity index (χ3n) is 3.79. The zero-order valence-corrected chi connectivity index (χ0v) is 13.7. The van der Waals surface area contributed by atoms with E-state index in [2.05, 4.69) is 61.1 Å². The molecule has 3 heteroatoms. The van der Waals surface area contributed by atoms with Gasteiger partial charge < -0.3 is 5.32 Å². The van der Waals surface area contributed by atoms with Crippen LogP contribution >= 0.6 is 0 Å². The minimum atomic E-state index is 0.677. The zero-order chi connectivity index (χ0) is 14.8. The molecule has 1 unspecified atom stereocenters. The van der Waals surface area contributed by atoms with E-state index in [1.807, 2.05) is 0 Å². The predicted molar refractivity (Wildman–Crippen MR) is 86.9 cm³/mol. The van der Waals surface area contributed by atoms with Gasteiger partial charge in [-0.15, -0.1) is 0 Å². The molecule has 1 aromatic heterocycles. The number of aryl methyl sites for hydroxylation is 1. The van der Waals surface area contributed by atoms with Crippen LogP contribution in [0.1, 0.15) is 51.4 Å². The van der Waals surface area contributed by atoms with E-state index in [1.165, 1.54) is 25.0 Å². The van der Waals surface area contributed by atoms with E-state index < -0.39 is 0 Å². The highest BCUT2D eigenvalue weighted by atomic mass is 15.1. The first-order chi connectivity index (χ1) is 9.69. The van der Waals surface area contributed by atoms with Crippen LogP contribution in [0.2, 0.25) is 0 Å². The lowest BCUT2D eigenvalue weighted by atomic mass is 10.1. The van der Waals surface area contributed by atoms with E-state index in [1.54, 1.807) is 0 Å². The van der Waals surface area contributed by atoms with E-state index in [0.717, 1.165) is 31.9 Å². The summed E-state index contributed by atoms with van der Waals surface area (Å²) in [7, 11) is 0. The summed E-state index contributed by atoms with van der Waals surface area (Å²) in [5.41, 5.74) is 2.29. The maximum Gasteiger partial charge on any atom is 0.0547 e. The van der Waals surface area contributed by atoms with Crippen molar-refractivity contribution in [2.45, 2.75) is 59.5 Å². The number of nitrogens with zero attached hydrogens (tertiary/aromatic N) is 2. The fraction of sp³-hybridized carbons (Fsp3) is 0.706. The van der Waals surface area contributed by atoms with Gasteiger partial charge in [-0.1, -0.05) is 26.8 Å². The second-order valence-corrected chi connectivity index (χ2v) is 5.44. The monoisotopic (exact) mass is 277 g/mol. The molecule has 114 valence electrons. The molecule has 0 spiro atoms. The normalized spacial score (nSPS) is 12.8. The summed E-state index contributed by atoms with van der Waals surface area (Å²) in [5, 5.41) is 3.55. The standard InChI is InChI=1S/C17H31N3/c1-5-16(18-6-2)12-9-13-20(7-3)14-17-11-8-10-15(4)19-17/h8,10-11,16,18H,5-7,9,12-14H2,1-4H3. The molecule has 1 heterocycles. The lowest BCUT2D eigenvalue weighted by Gasteiger charge is -2.22. The molecule has 0 aliphatic carbocycles. The zero-order valence-electron chi connectivity index (χ0n) is 13.7. The van der Waals surface area contributed by atoms with Crippen LogP contribution in [0, 0.1) is 6.92 Å². The smallest absolute Gasteiger partial charge is 0.0547 e. The van der Waals surface area contributed by atoms with Gasteiger partial charge in [0.15, 0.2) is 0 Å². The minimum Gasteiger partial charge on any atom is -0.314 e. The van der Waals surface area contributed by atoms with Gasteiger partial charge in [0.05, 0.1) is 5.69 Å². The van der Waals surface area contributed by atoms with Gasteiger partial charge in [0, 0.05) is 18.3 Å². The van der Waals surface area contributed by atoms with E-state index in [-0.39, 0.29) is 0 Å². The largest absolute Gasteiger partial charge is 0.314 e. The van der Waals surface area contributed by atoms with Crippen molar-refractivity contribution >= 4 is 0 Å².